The van der Waals surface area contributed by atoms with E-state index >= 15 is 0 Å². The molecule has 8 heteroatoms. The molecule has 0 aliphatic carbocycles. The minimum atomic E-state index is -3.55. The number of azide groups is 1. The van der Waals surface area contributed by atoms with Crippen LogP contribution in [0.4, 0.5) is 0 Å². The fourth-order valence-electron chi connectivity index (χ4n) is 0.972. The third-order valence-corrected chi connectivity index (χ3v) is 3.42. The zero-order valence-corrected chi connectivity index (χ0v) is 9.74. The molecule has 0 bridgehead atoms. The molecule has 0 aliphatic heterocycles. The van der Waals surface area contributed by atoms with Crippen molar-refractivity contribution < 1.29 is 8.42 Å². The lowest BCUT2D eigenvalue weighted by Crippen LogP contribution is -2.26. The molecule has 1 N–H and O–H groups in total. The van der Waals surface area contributed by atoms with Crippen LogP contribution in [0, 0.1) is 0 Å². The number of halogens is 1. The lowest BCUT2D eigenvalue weighted by atomic mass is 10.4. The third kappa shape index (κ3) is 3.71. The van der Waals surface area contributed by atoms with E-state index in [0.717, 1.165) is 0 Å². The molecule has 0 heterocycles. The van der Waals surface area contributed by atoms with E-state index in [0.29, 0.717) is 5.02 Å². The van der Waals surface area contributed by atoms with Crippen molar-refractivity contribution in [2.24, 2.45) is 5.11 Å². The number of sulfonamides is 1. The van der Waals surface area contributed by atoms with Gasteiger partial charge < -0.3 is 0 Å². The molecule has 86 valence electrons. The fourth-order valence-corrected chi connectivity index (χ4v) is 2.12. The van der Waals surface area contributed by atoms with E-state index < -0.39 is 10.0 Å². The van der Waals surface area contributed by atoms with Gasteiger partial charge in [-0.3, -0.25) is 0 Å². The number of hydrogen-bond donors (Lipinski definition) is 1. The Kier molecular flexibility index (Phi) is 4.57. The second kappa shape index (κ2) is 5.72. The molecular formula is C8H9ClN4O2S. The van der Waals surface area contributed by atoms with Gasteiger partial charge in [-0.25, -0.2) is 13.1 Å². The largest absolute Gasteiger partial charge is 0.240 e. The van der Waals surface area contributed by atoms with Crippen molar-refractivity contribution in [2.45, 2.75) is 4.90 Å². The Hall–Kier alpha value is -1.27. The van der Waals surface area contributed by atoms with Gasteiger partial charge in [0.25, 0.3) is 0 Å². The summed E-state index contributed by atoms with van der Waals surface area (Å²) in [4.78, 5) is 2.64. The highest BCUT2D eigenvalue weighted by Gasteiger charge is 2.12. The molecule has 1 aromatic rings. The Morgan fingerprint density at radius 2 is 2.00 bits per heavy atom. The van der Waals surface area contributed by atoms with E-state index in [1.165, 1.54) is 24.3 Å². The van der Waals surface area contributed by atoms with Gasteiger partial charge in [-0.15, -0.1) is 0 Å². The van der Waals surface area contributed by atoms with Crippen molar-refractivity contribution in [3.05, 3.63) is 39.7 Å². The zero-order valence-electron chi connectivity index (χ0n) is 8.17. The minimum Gasteiger partial charge on any atom is -0.211 e. The van der Waals surface area contributed by atoms with Gasteiger partial charge in [0.05, 0.1) is 4.90 Å². The van der Waals surface area contributed by atoms with Crippen LogP contribution in [0.15, 0.2) is 34.3 Å². The first kappa shape index (κ1) is 12.8. The maximum atomic E-state index is 11.6. The van der Waals surface area contributed by atoms with Crippen LogP contribution in [-0.4, -0.2) is 21.5 Å². The summed E-state index contributed by atoms with van der Waals surface area (Å²) >= 11 is 5.64. The van der Waals surface area contributed by atoms with Crippen molar-refractivity contribution in [1.82, 2.24) is 4.72 Å². The molecule has 0 saturated heterocycles. The van der Waals surface area contributed by atoms with Crippen LogP contribution in [0.2, 0.25) is 5.02 Å². The number of rotatable bonds is 5. The zero-order chi connectivity index (χ0) is 12.0. The molecule has 16 heavy (non-hydrogen) atoms. The van der Waals surface area contributed by atoms with E-state index in [1.54, 1.807) is 0 Å². The standard InChI is InChI=1S/C8H9ClN4O2S/c9-7-1-3-8(4-2-7)16(14,15)12-6-5-11-13-10/h1-4,12H,5-6H2. The number of nitrogens with zero attached hydrogens (tertiary/aromatic N) is 3. The summed E-state index contributed by atoms with van der Waals surface area (Å²) in [7, 11) is -3.55. The van der Waals surface area contributed by atoms with Crippen molar-refractivity contribution in [3.8, 4) is 0 Å². The molecule has 0 amide bonds. The second-order valence-electron chi connectivity index (χ2n) is 2.81. The molecule has 0 atom stereocenters. The first-order valence-corrected chi connectivity index (χ1v) is 6.18. The predicted octanol–water partition coefficient (Wildman–Crippen LogP) is 1.93. The molecule has 0 aliphatic rings. The fraction of sp³-hybridized carbons (Fsp3) is 0.250. The monoisotopic (exact) mass is 260 g/mol. The number of nitrogens with one attached hydrogen (secondary N) is 1. The molecule has 0 saturated carbocycles. The Balaban J connectivity index is 2.70. The molecule has 0 fully saturated rings. The normalized spacial score (nSPS) is 10.8. The van der Waals surface area contributed by atoms with Crippen LogP contribution in [0.3, 0.4) is 0 Å². The Morgan fingerprint density at radius 3 is 2.56 bits per heavy atom. The van der Waals surface area contributed by atoms with Gasteiger partial charge in [0.15, 0.2) is 0 Å². The quantitative estimate of drug-likeness (QED) is 0.379. The van der Waals surface area contributed by atoms with E-state index in [9.17, 15) is 8.42 Å². The summed E-state index contributed by atoms with van der Waals surface area (Å²) < 4.78 is 25.5. The Labute approximate surface area is 97.9 Å². The average molecular weight is 261 g/mol. The van der Waals surface area contributed by atoms with Crippen molar-refractivity contribution in [3.63, 3.8) is 0 Å². The highest BCUT2D eigenvalue weighted by Crippen LogP contribution is 2.13. The summed E-state index contributed by atoms with van der Waals surface area (Å²) in [6, 6.07) is 5.78. The van der Waals surface area contributed by atoms with E-state index in [2.05, 4.69) is 14.7 Å². The van der Waals surface area contributed by atoms with Gasteiger partial charge in [-0.1, -0.05) is 16.7 Å². The molecule has 1 rings (SSSR count). The molecule has 1 aromatic carbocycles. The van der Waals surface area contributed by atoms with E-state index in [4.69, 9.17) is 17.1 Å². The molecule has 0 radical (unpaired) electrons. The van der Waals surface area contributed by atoms with Crippen molar-refractivity contribution in [2.75, 3.05) is 13.1 Å². The first-order chi connectivity index (χ1) is 7.56. The maximum Gasteiger partial charge on any atom is 0.240 e. The maximum absolute atomic E-state index is 11.6. The second-order valence-corrected chi connectivity index (χ2v) is 5.01. The molecule has 0 unspecified atom stereocenters. The smallest absolute Gasteiger partial charge is 0.211 e. The number of benzene rings is 1. The summed E-state index contributed by atoms with van der Waals surface area (Å²) in [5.74, 6) is 0. The van der Waals surface area contributed by atoms with Gasteiger partial charge in [0.2, 0.25) is 10.0 Å². The topological polar surface area (TPSA) is 94.9 Å². The molecule has 0 aromatic heterocycles. The van der Waals surface area contributed by atoms with Crippen LogP contribution in [-0.2, 0) is 10.0 Å². The van der Waals surface area contributed by atoms with Gasteiger partial charge in [0, 0.05) is 23.0 Å². The van der Waals surface area contributed by atoms with Gasteiger partial charge in [-0.2, -0.15) is 0 Å². The highest BCUT2D eigenvalue weighted by molar-refractivity contribution is 7.89. The van der Waals surface area contributed by atoms with Crippen molar-refractivity contribution >= 4 is 21.6 Å². The van der Waals surface area contributed by atoms with Crippen LogP contribution < -0.4 is 4.72 Å². The summed E-state index contributed by atoms with van der Waals surface area (Å²) in [5, 5.41) is 3.68. The van der Waals surface area contributed by atoms with Gasteiger partial charge >= 0.3 is 0 Å². The summed E-state index contributed by atoms with van der Waals surface area (Å²) in [6.45, 7) is 0.137. The van der Waals surface area contributed by atoms with E-state index in [1.807, 2.05) is 0 Å². The number of hydrogen-bond acceptors (Lipinski definition) is 3. The SMILES string of the molecule is [N-]=[N+]=NCCNS(=O)(=O)c1ccc(Cl)cc1. The molecule has 6 nitrogen and oxygen atoms in total. The molecular weight excluding hydrogens is 252 g/mol. The first-order valence-electron chi connectivity index (χ1n) is 4.32. The van der Waals surface area contributed by atoms with Crippen LogP contribution >= 0.6 is 11.6 Å². The third-order valence-electron chi connectivity index (χ3n) is 1.69. The molecule has 0 spiro atoms. The predicted molar refractivity (Wildman–Crippen MR) is 60.7 cm³/mol. The Bertz CT molecular complexity index is 493. The van der Waals surface area contributed by atoms with Gasteiger partial charge in [-0.05, 0) is 29.8 Å². The Morgan fingerprint density at radius 1 is 1.38 bits per heavy atom. The average Bonchev–Trinajstić information content (AvgIpc) is 2.25. The lowest BCUT2D eigenvalue weighted by molar-refractivity contribution is 0.582. The minimum absolute atomic E-state index is 0.0645. The van der Waals surface area contributed by atoms with Crippen molar-refractivity contribution in [1.29, 1.82) is 0 Å². The summed E-state index contributed by atoms with van der Waals surface area (Å²) in [5.41, 5.74) is 8.01. The van der Waals surface area contributed by atoms with E-state index in [-0.39, 0.29) is 18.0 Å². The van der Waals surface area contributed by atoms with Gasteiger partial charge in [0.1, 0.15) is 0 Å². The summed E-state index contributed by atoms with van der Waals surface area (Å²) in [6.07, 6.45) is 0. The van der Waals surface area contributed by atoms with Crippen LogP contribution in [0.25, 0.3) is 10.4 Å². The van der Waals surface area contributed by atoms with Crippen LogP contribution in [0.5, 0.6) is 0 Å². The van der Waals surface area contributed by atoms with Crippen LogP contribution in [0.1, 0.15) is 0 Å². The lowest BCUT2D eigenvalue weighted by Gasteiger charge is -2.04. The highest BCUT2D eigenvalue weighted by atomic mass is 35.5.